The van der Waals surface area contributed by atoms with E-state index in [9.17, 15) is 4.79 Å². The van der Waals surface area contributed by atoms with Crippen LogP contribution in [0, 0.1) is 0 Å². The molecule has 0 saturated heterocycles. The maximum Gasteiger partial charge on any atom is 0.270 e. The predicted octanol–water partition coefficient (Wildman–Crippen LogP) is 0.174. The van der Waals surface area contributed by atoms with Gasteiger partial charge in [0.2, 0.25) is 5.89 Å². The van der Waals surface area contributed by atoms with Crippen LogP contribution in [-0.2, 0) is 7.05 Å². The fraction of sp³-hybridized carbons (Fsp3) is 0.125. The summed E-state index contributed by atoms with van der Waals surface area (Å²) >= 11 is 0. The monoisotopic (exact) mass is 192 g/mol. The average molecular weight is 192 g/mol. The molecule has 6 nitrogen and oxygen atoms in total. The molecule has 6 heteroatoms. The number of carbonyl (C=O) groups is 1. The van der Waals surface area contributed by atoms with E-state index in [4.69, 9.17) is 10.2 Å². The van der Waals surface area contributed by atoms with Gasteiger partial charge in [0.15, 0.2) is 5.69 Å². The SMILES string of the molecule is Cn1cc(-c2nc(C(N)=O)co2)cn1. The van der Waals surface area contributed by atoms with Gasteiger partial charge in [-0.15, -0.1) is 0 Å². The lowest BCUT2D eigenvalue weighted by Gasteiger charge is -1.85. The van der Waals surface area contributed by atoms with Crippen molar-refractivity contribution in [2.24, 2.45) is 12.8 Å². The number of carbonyl (C=O) groups excluding carboxylic acids is 1. The molecule has 0 fully saturated rings. The molecule has 72 valence electrons. The van der Waals surface area contributed by atoms with E-state index in [2.05, 4.69) is 10.1 Å². The van der Waals surface area contributed by atoms with E-state index in [1.165, 1.54) is 6.26 Å². The molecular weight excluding hydrogens is 184 g/mol. The quantitative estimate of drug-likeness (QED) is 0.734. The highest BCUT2D eigenvalue weighted by molar-refractivity contribution is 5.90. The van der Waals surface area contributed by atoms with Crippen molar-refractivity contribution in [2.45, 2.75) is 0 Å². The number of hydrogen-bond acceptors (Lipinski definition) is 4. The summed E-state index contributed by atoms with van der Waals surface area (Å²) in [6.45, 7) is 0. The van der Waals surface area contributed by atoms with Crippen LogP contribution >= 0.6 is 0 Å². The lowest BCUT2D eigenvalue weighted by atomic mass is 10.4. The number of aryl methyl sites for hydroxylation is 1. The van der Waals surface area contributed by atoms with E-state index in [-0.39, 0.29) is 5.69 Å². The van der Waals surface area contributed by atoms with Crippen molar-refractivity contribution in [3.8, 4) is 11.5 Å². The van der Waals surface area contributed by atoms with E-state index >= 15 is 0 Å². The van der Waals surface area contributed by atoms with E-state index in [1.54, 1.807) is 24.1 Å². The predicted molar refractivity (Wildman–Crippen MR) is 47.2 cm³/mol. The van der Waals surface area contributed by atoms with Gasteiger partial charge >= 0.3 is 0 Å². The smallest absolute Gasteiger partial charge is 0.270 e. The van der Waals surface area contributed by atoms with Gasteiger partial charge in [-0.05, 0) is 0 Å². The fourth-order valence-electron chi connectivity index (χ4n) is 1.05. The van der Waals surface area contributed by atoms with Gasteiger partial charge in [0.1, 0.15) is 6.26 Å². The Kier molecular flexibility index (Phi) is 1.81. The molecule has 2 rings (SSSR count). The first-order valence-electron chi connectivity index (χ1n) is 3.91. The number of aromatic nitrogens is 3. The summed E-state index contributed by atoms with van der Waals surface area (Å²) in [5.41, 5.74) is 5.85. The first kappa shape index (κ1) is 8.49. The minimum Gasteiger partial charge on any atom is -0.444 e. The van der Waals surface area contributed by atoms with Crippen LogP contribution in [-0.4, -0.2) is 20.7 Å². The standard InChI is InChI=1S/C8H8N4O2/c1-12-3-5(2-10-12)8-11-6(4-14-8)7(9)13/h2-4H,1H3,(H2,9,13). The normalized spacial score (nSPS) is 10.4. The molecule has 2 N–H and O–H groups in total. The minimum atomic E-state index is -0.608. The molecule has 0 aromatic carbocycles. The zero-order chi connectivity index (χ0) is 10.1. The summed E-state index contributed by atoms with van der Waals surface area (Å²) in [6.07, 6.45) is 4.55. The minimum absolute atomic E-state index is 0.115. The van der Waals surface area contributed by atoms with E-state index in [0.29, 0.717) is 11.5 Å². The van der Waals surface area contributed by atoms with Gasteiger partial charge in [-0.2, -0.15) is 5.10 Å². The van der Waals surface area contributed by atoms with Crippen LogP contribution in [0.4, 0.5) is 0 Å². The van der Waals surface area contributed by atoms with Gasteiger partial charge < -0.3 is 10.2 Å². The van der Waals surface area contributed by atoms with Crippen molar-refractivity contribution in [1.82, 2.24) is 14.8 Å². The summed E-state index contributed by atoms with van der Waals surface area (Å²) in [4.78, 5) is 14.6. The third-order valence-corrected chi connectivity index (χ3v) is 1.71. The molecule has 0 unspecified atom stereocenters. The first-order chi connectivity index (χ1) is 6.66. The number of oxazole rings is 1. The Morgan fingerprint density at radius 3 is 2.93 bits per heavy atom. The van der Waals surface area contributed by atoms with Crippen molar-refractivity contribution >= 4 is 5.91 Å². The summed E-state index contributed by atoms with van der Waals surface area (Å²) in [7, 11) is 1.78. The van der Waals surface area contributed by atoms with E-state index in [1.807, 2.05) is 0 Å². The summed E-state index contributed by atoms with van der Waals surface area (Å²) < 4.78 is 6.67. The van der Waals surface area contributed by atoms with Gasteiger partial charge in [0.05, 0.1) is 11.8 Å². The molecule has 1 amide bonds. The Balaban J connectivity index is 2.38. The maximum atomic E-state index is 10.7. The summed E-state index contributed by atoms with van der Waals surface area (Å²) in [5.74, 6) is -0.268. The van der Waals surface area contributed by atoms with Crippen molar-refractivity contribution < 1.29 is 9.21 Å². The number of hydrogen-bond donors (Lipinski definition) is 1. The van der Waals surface area contributed by atoms with Crippen molar-refractivity contribution in [1.29, 1.82) is 0 Å². The number of rotatable bonds is 2. The molecule has 0 spiro atoms. The second-order valence-corrected chi connectivity index (χ2v) is 2.80. The molecule has 14 heavy (non-hydrogen) atoms. The molecule has 0 aliphatic carbocycles. The highest BCUT2D eigenvalue weighted by atomic mass is 16.3. The summed E-state index contributed by atoms with van der Waals surface area (Å²) in [6, 6.07) is 0. The van der Waals surface area contributed by atoms with Gasteiger partial charge in [-0.25, -0.2) is 4.98 Å². The Morgan fingerprint density at radius 2 is 2.43 bits per heavy atom. The van der Waals surface area contributed by atoms with Crippen molar-refractivity contribution in [3.05, 3.63) is 24.4 Å². The number of primary amides is 1. The van der Waals surface area contributed by atoms with Gasteiger partial charge in [-0.3, -0.25) is 9.48 Å². The second kappa shape index (κ2) is 2.99. The molecule has 2 aromatic rings. The zero-order valence-corrected chi connectivity index (χ0v) is 7.47. The van der Waals surface area contributed by atoms with Gasteiger partial charge in [0, 0.05) is 13.2 Å². The van der Waals surface area contributed by atoms with Crippen LogP contribution in [0.25, 0.3) is 11.5 Å². The fourth-order valence-corrected chi connectivity index (χ4v) is 1.05. The molecule has 0 aliphatic heterocycles. The third kappa shape index (κ3) is 1.37. The van der Waals surface area contributed by atoms with Gasteiger partial charge in [0.25, 0.3) is 5.91 Å². The molecule has 0 radical (unpaired) electrons. The highest BCUT2D eigenvalue weighted by Crippen LogP contribution is 2.16. The van der Waals surface area contributed by atoms with Crippen molar-refractivity contribution in [2.75, 3.05) is 0 Å². The maximum absolute atomic E-state index is 10.7. The molecule has 0 aliphatic rings. The molecular formula is C8H8N4O2. The second-order valence-electron chi connectivity index (χ2n) is 2.80. The molecule has 2 heterocycles. The number of nitrogens with two attached hydrogens (primary N) is 1. The zero-order valence-electron chi connectivity index (χ0n) is 7.47. The molecule has 2 aromatic heterocycles. The third-order valence-electron chi connectivity index (χ3n) is 1.71. The Hall–Kier alpha value is -2.11. The lowest BCUT2D eigenvalue weighted by molar-refractivity contribution is 0.0995. The first-order valence-corrected chi connectivity index (χ1v) is 3.91. The number of amides is 1. The molecule has 0 bridgehead atoms. The van der Waals surface area contributed by atoms with Crippen LogP contribution in [0.15, 0.2) is 23.1 Å². The van der Waals surface area contributed by atoms with Crippen LogP contribution in [0.1, 0.15) is 10.5 Å². The molecule has 0 atom stereocenters. The van der Waals surface area contributed by atoms with E-state index < -0.39 is 5.91 Å². The van der Waals surface area contributed by atoms with Crippen LogP contribution in [0.2, 0.25) is 0 Å². The Bertz CT molecular complexity index is 471. The van der Waals surface area contributed by atoms with Crippen LogP contribution < -0.4 is 5.73 Å². The van der Waals surface area contributed by atoms with Crippen LogP contribution in [0.3, 0.4) is 0 Å². The van der Waals surface area contributed by atoms with Crippen molar-refractivity contribution in [3.63, 3.8) is 0 Å². The average Bonchev–Trinajstić information content (AvgIpc) is 2.70. The van der Waals surface area contributed by atoms with Gasteiger partial charge in [-0.1, -0.05) is 0 Å². The topological polar surface area (TPSA) is 86.9 Å². The Morgan fingerprint density at radius 1 is 1.64 bits per heavy atom. The van der Waals surface area contributed by atoms with Crippen LogP contribution in [0.5, 0.6) is 0 Å². The largest absolute Gasteiger partial charge is 0.444 e. The van der Waals surface area contributed by atoms with E-state index in [0.717, 1.165) is 0 Å². The lowest BCUT2D eigenvalue weighted by Crippen LogP contribution is -2.10. The molecule has 0 saturated carbocycles. The number of nitrogens with zero attached hydrogens (tertiary/aromatic N) is 3. The summed E-state index contributed by atoms with van der Waals surface area (Å²) in [5, 5.41) is 3.95. The Labute approximate surface area is 79.3 Å². The highest BCUT2D eigenvalue weighted by Gasteiger charge is 2.11.